The first-order valence-electron chi connectivity index (χ1n) is 7.92. The third-order valence-electron chi connectivity index (χ3n) is 2.90. The maximum Gasteiger partial charge on any atom is 0.407 e. The fraction of sp³-hybridized carbons (Fsp3) is 0.812. The fourth-order valence-corrected chi connectivity index (χ4v) is 1.65. The second-order valence-electron chi connectivity index (χ2n) is 6.26. The summed E-state index contributed by atoms with van der Waals surface area (Å²) >= 11 is 0. The zero-order valence-corrected chi connectivity index (χ0v) is 15.1. The van der Waals surface area contributed by atoms with Crippen LogP contribution in [-0.2, 0) is 9.57 Å². The van der Waals surface area contributed by atoms with Gasteiger partial charge in [0.1, 0.15) is 12.7 Å². The second-order valence-corrected chi connectivity index (χ2v) is 6.26. The topological polar surface area (TPSA) is 92.5 Å². The smallest absolute Gasteiger partial charge is 0.407 e. The van der Waals surface area contributed by atoms with E-state index in [-0.39, 0.29) is 6.04 Å². The van der Waals surface area contributed by atoms with E-state index in [4.69, 9.17) is 14.7 Å². The molecule has 134 valence electrons. The number of hydrogen-bond acceptors (Lipinski definition) is 5. The number of alkyl carbamates (subject to hydrolysis) is 1. The van der Waals surface area contributed by atoms with Crippen molar-refractivity contribution in [3.63, 3.8) is 0 Å². The lowest BCUT2D eigenvalue weighted by Gasteiger charge is -2.22. The number of amidine groups is 1. The lowest BCUT2D eigenvalue weighted by molar-refractivity contribution is 0.0504. The van der Waals surface area contributed by atoms with E-state index in [1.54, 1.807) is 0 Å². The normalized spacial score (nSPS) is 16.4. The van der Waals surface area contributed by atoms with Crippen molar-refractivity contribution in [1.29, 1.82) is 0 Å². The van der Waals surface area contributed by atoms with Gasteiger partial charge in [-0.1, -0.05) is 12.1 Å². The molecule has 7 nitrogen and oxygen atoms in total. The standard InChI is InChI=1S/C15H27N3O3.CH4O/c1-6-12(17-14(19)21-15(2,3)4)9-13(18-20-5)16-10-11-7-8-11;1-2/h10-12H,6-9H2,1-5H3,(H,17,19);2H,1H3/b16-10?,18-13-;/t12-;/m0./s1. The summed E-state index contributed by atoms with van der Waals surface area (Å²) in [7, 11) is 2.49. The van der Waals surface area contributed by atoms with Crippen LogP contribution in [0.25, 0.3) is 0 Å². The monoisotopic (exact) mass is 329 g/mol. The molecule has 0 aromatic rings. The van der Waals surface area contributed by atoms with Gasteiger partial charge >= 0.3 is 6.09 Å². The minimum absolute atomic E-state index is 0.0786. The molecular weight excluding hydrogens is 298 g/mol. The molecule has 2 N–H and O–H groups in total. The highest BCUT2D eigenvalue weighted by atomic mass is 16.6. The number of nitrogens with zero attached hydrogens (tertiary/aromatic N) is 2. The Balaban J connectivity index is 0.00000232. The van der Waals surface area contributed by atoms with Gasteiger partial charge in [0, 0.05) is 25.8 Å². The fourth-order valence-electron chi connectivity index (χ4n) is 1.65. The van der Waals surface area contributed by atoms with Crippen molar-refractivity contribution in [2.24, 2.45) is 16.1 Å². The Morgan fingerprint density at radius 1 is 1.39 bits per heavy atom. The largest absolute Gasteiger partial charge is 0.444 e. The van der Waals surface area contributed by atoms with E-state index in [2.05, 4.69) is 15.5 Å². The van der Waals surface area contributed by atoms with Crippen LogP contribution in [0.5, 0.6) is 0 Å². The summed E-state index contributed by atoms with van der Waals surface area (Å²) in [5, 5.41) is 13.8. The third-order valence-corrected chi connectivity index (χ3v) is 2.90. The minimum Gasteiger partial charge on any atom is -0.444 e. The summed E-state index contributed by atoms with van der Waals surface area (Å²) in [6.45, 7) is 7.51. The molecule has 7 heteroatoms. The number of carbonyl (C=O) groups is 1. The van der Waals surface area contributed by atoms with Crippen molar-refractivity contribution in [2.75, 3.05) is 14.2 Å². The quantitative estimate of drug-likeness (QED) is 0.445. The lowest BCUT2D eigenvalue weighted by atomic mass is 10.1. The summed E-state index contributed by atoms with van der Waals surface area (Å²) < 4.78 is 5.26. The summed E-state index contributed by atoms with van der Waals surface area (Å²) in [5.41, 5.74) is -0.504. The number of carbonyl (C=O) groups excluding carboxylic acids is 1. The average Bonchev–Trinajstić information content (AvgIpc) is 3.28. The van der Waals surface area contributed by atoms with Crippen molar-refractivity contribution in [2.45, 2.75) is 65.0 Å². The highest BCUT2D eigenvalue weighted by Gasteiger charge is 2.21. The molecule has 1 amide bonds. The number of nitrogens with one attached hydrogen (secondary N) is 1. The Bertz CT molecular complexity index is 399. The van der Waals surface area contributed by atoms with Crippen LogP contribution in [0.1, 0.15) is 53.4 Å². The molecule has 1 fully saturated rings. The number of amides is 1. The summed E-state index contributed by atoms with van der Waals surface area (Å²) in [6.07, 6.45) is 5.16. The molecule has 1 aliphatic rings. The molecule has 0 radical (unpaired) electrons. The van der Waals surface area contributed by atoms with E-state index in [9.17, 15) is 4.79 Å². The van der Waals surface area contributed by atoms with Crippen LogP contribution < -0.4 is 5.32 Å². The Morgan fingerprint density at radius 2 is 2.00 bits per heavy atom. The highest BCUT2D eigenvalue weighted by Crippen LogP contribution is 2.26. The Hall–Kier alpha value is -1.63. The molecule has 1 rings (SSSR count). The number of aliphatic hydroxyl groups excluding tert-OH is 1. The molecule has 1 aliphatic carbocycles. The molecule has 0 saturated heterocycles. The first-order chi connectivity index (χ1) is 10.8. The number of rotatable bonds is 6. The summed E-state index contributed by atoms with van der Waals surface area (Å²) in [4.78, 5) is 21.0. The number of aliphatic hydroxyl groups is 1. The van der Waals surface area contributed by atoms with Crippen LogP contribution in [0.3, 0.4) is 0 Å². The van der Waals surface area contributed by atoms with E-state index in [0.717, 1.165) is 13.5 Å². The van der Waals surface area contributed by atoms with Gasteiger partial charge < -0.3 is 20.0 Å². The first kappa shape index (κ1) is 21.4. The molecule has 0 spiro atoms. The molecule has 0 heterocycles. The van der Waals surface area contributed by atoms with Gasteiger partial charge in [0.25, 0.3) is 0 Å². The molecule has 1 atom stereocenters. The maximum absolute atomic E-state index is 11.8. The average molecular weight is 329 g/mol. The minimum atomic E-state index is -0.504. The SMILES string of the molecule is CC[C@@H](C/C(N=CC1CC1)=N/OC)NC(=O)OC(C)(C)C.CO. The van der Waals surface area contributed by atoms with Crippen molar-refractivity contribution < 1.29 is 19.5 Å². The van der Waals surface area contributed by atoms with E-state index < -0.39 is 11.7 Å². The van der Waals surface area contributed by atoms with Crippen LogP contribution in [0.2, 0.25) is 0 Å². The molecule has 0 bridgehead atoms. The molecule has 0 aliphatic heterocycles. The summed E-state index contributed by atoms with van der Waals surface area (Å²) in [6, 6.07) is -0.0786. The van der Waals surface area contributed by atoms with Crippen LogP contribution in [0, 0.1) is 5.92 Å². The predicted octanol–water partition coefficient (Wildman–Crippen LogP) is 2.73. The van der Waals surface area contributed by atoms with E-state index in [0.29, 0.717) is 18.2 Å². The lowest BCUT2D eigenvalue weighted by Crippen LogP contribution is -2.39. The molecule has 0 aromatic carbocycles. The molecule has 1 saturated carbocycles. The van der Waals surface area contributed by atoms with E-state index in [1.165, 1.54) is 20.0 Å². The van der Waals surface area contributed by atoms with Crippen LogP contribution in [0.4, 0.5) is 4.79 Å². The first-order valence-corrected chi connectivity index (χ1v) is 7.92. The van der Waals surface area contributed by atoms with Crippen molar-refractivity contribution in [3.8, 4) is 0 Å². The number of hydrogen-bond donors (Lipinski definition) is 2. The van der Waals surface area contributed by atoms with Gasteiger partial charge in [-0.05, 0) is 46.0 Å². The van der Waals surface area contributed by atoms with Gasteiger partial charge in [0.15, 0.2) is 5.84 Å². The summed E-state index contributed by atoms with van der Waals surface area (Å²) in [5.74, 6) is 1.17. The number of oxime groups is 1. The van der Waals surface area contributed by atoms with Gasteiger partial charge in [-0.15, -0.1) is 0 Å². The molecule has 0 unspecified atom stereocenters. The van der Waals surface area contributed by atoms with Crippen LogP contribution in [-0.4, -0.2) is 49.1 Å². The second kappa shape index (κ2) is 11.0. The Kier molecular flexibility index (Phi) is 10.2. The van der Waals surface area contributed by atoms with Gasteiger partial charge in [-0.3, -0.25) is 0 Å². The maximum atomic E-state index is 11.8. The molecular formula is C16H31N3O4. The van der Waals surface area contributed by atoms with Crippen LogP contribution >= 0.6 is 0 Å². The number of aliphatic imine (C=N–C) groups is 1. The van der Waals surface area contributed by atoms with Gasteiger partial charge in [-0.25, -0.2) is 9.79 Å². The van der Waals surface area contributed by atoms with Crippen molar-refractivity contribution >= 4 is 18.1 Å². The third kappa shape index (κ3) is 11.6. The zero-order valence-electron chi connectivity index (χ0n) is 15.1. The van der Waals surface area contributed by atoms with E-state index >= 15 is 0 Å². The Morgan fingerprint density at radius 3 is 2.43 bits per heavy atom. The number of ether oxygens (including phenoxy) is 1. The molecule has 0 aromatic heterocycles. The van der Waals surface area contributed by atoms with E-state index in [1.807, 2.05) is 33.9 Å². The van der Waals surface area contributed by atoms with Gasteiger partial charge in [0.05, 0.1) is 0 Å². The highest BCUT2D eigenvalue weighted by molar-refractivity contribution is 5.90. The van der Waals surface area contributed by atoms with Crippen molar-refractivity contribution in [1.82, 2.24) is 5.32 Å². The van der Waals surface area contributed by atoms with Gasteiger partial charge in [0.2, 0.25) is 0 Å². The van der Waals surface area contributed by atoms with Crippen molar-refractivity contribution in [3.05, 3.63) is 0 Å². The predicted molar refractivity (Wildman–Crippen MR) is 91.9 cm³/mol. The Labute approximate surface area is 139 Å². The van der Waals surface area contributed by atoms with Gasteiger partial charge in [-0.2, -0.15) is 0 Å². The zero-order chi connectivity index (χ0) is 17.9. The van der Waals surface area contributed by atoms with Crippen LogP contribution in [0.15, 0.2) is 10.1 Å². The molecule has 23 heavy (non-hydrogen) atoms.